The molecule has 216 valence electrons. The van der Waals surface area contributed by atoms with Crippen LogP contribution in [-0.4, -0.2) is 42.5 Å². The minimum absolute atomic E-state index is 0.0421. The maximum atomic E-state index is 14.0. The highest BCUT2D eigenvalue weighted by atomic mass is 16.7. The predicted octanol–water partition coefficient (Wildman–Crippen LogP) is 4.77. The lowest BCUT2D eigenvalue weighted by molar-refractivity contribution is -0.129. The Balaban J connectivity index is 1.44. The summed E-state index contributed by atoms with van der Waals surface area (Å²) in [5.41, 5.74) is 15.8. The molecule has 0 spiro atoms. The number of hydrogen-bond acceptors (Lipinski definition) is 9. The van der Waals surface area contributed by atoms with Gasteiger partial charge in [0.15, 0.2) is 23.1 Å². The first-order valence-electron chi connectivity index (χ1n) is 13.4. The van der Waals surface area contributed by atoms with Crippen LogP contribution in [0, 0.1) is 0 Å². The number of nitrogens with zero attached hydrogens (tertiary/aromatic N) is 4. The van der Waals surface area contributed by atoms with E-state index in [-0.39, 0.29) is 25.7 Å². The van der Waals surface area contributed by atoms with Crippen molar-refractivity contribution in [3.8, 4) is 17.2 Å². The van der Waals surface area contributed by atoms with E-state index in [2.05, 4.69) is 27.5 Å². The van der Waals surface area contributed by atoms with Crippen molar-refractivity contribution in [2.75, 3.05) is 20.0 Å². The minimum atomic E-state index is -1.48. The SMILES string of the molecule is C=CC[C@]1(C(=O)NNCc2ccc3c(c2)OCO3)N=C(c2ccc(OCCCO)cc2)O[C@H]1c1ccccc1N=[N+]=[N-]. The van der Waals surface area contributed by atoms with E-state index in [1.165, 1.54) is 0 Å². The lowest BCUT2D eigenvalue weighted by Crippen LogP contribution is -2.52. The number of amides is 1. The van der Waals surface area contributed by atoms with Gasteiger partial charge in [-0.3, -0.25) is 10.2 Å². The number of fused-ring (bicyclic) bond motifs is 1. The van der Waals surface area contributed by atoms with E-state index >= 15 is 0 Å². The van der Waals surface area contributed by atoms with Gasteiger partial charge in [0.1, 0.15) is 5.75 Å². The second-order valence-corrected chi connectivity index (χ2v) is 9.53. The lowest BCUT2D eigenvalue weighted by Gasteiger charge is -2.30. The zero-order chi connectivity index (χ0) is 29.4. The molecule has 0 unspecified atom stereocenters. The number of azide groups is 1. The van der Waals surface area contributed by atoms with E-state index in [1.54, 1.807) is 54.6 Å². The largest absolute Gasteiger partial charge is 0.494 e. The Kier molecular flexibility index (Phi) is 8.88. The Hall–Kier alpha value is -5.03. The van der Waals surface area contributed by atoms with Crippen molar-refractivity contribution in [1.29, 1.82) is 0 Å². The maximum absolute atomic E-state index is 14.0. The Labute approximate surface area is 242 Å². The Morgan fingerprint density at radius 2 is 2.00 bits per heavy atom. The van der Waals surface area contributed by atoms with Gasteiger partial charge in [-0.15, -0.1) is 6.58 Å². The smallest absolute Gasteiger partial charge is 0.266 e. The number of ether oxygens (including phenoxy) is 4. The van der Waals surface area contributed by atoms with Gasteiger partial charge in [0.05, 0.1) is 6.61 Å². The summed E-state index contributed by atoms with van der Waals surface area (Å²) in [6.07, 6.45) is 1.33. The Morgan fingerprint density at radius 1 is 1.19 bits per heavy atom. The van der Waals surface area contributed by atoms with Gasteiger partial charge in [-0.1, -0.05) is 41.5 Å². The average molecular weight is 571 g/mol. The van der Waals surface area contributed by atoms with Gasteiger partial charge in [-0.25, -0.2) is 10.4 Å². The summed E-state index contributed by atoms with van der Waals surface area (Å²) in [5, 5.41) is 12.8. The molecule has 3 aromatic carbocycles. The summed E-state index contributed by atoms with van der Waals surface area (Å²) in [7, 11) is 0. The van der Waals surface area contributed by atoms with E-state index in [9.17, 15) is 10.3 Å². The van der Waals surface area contributed by atoms with Crippen LogP contribution in [-0.2, 0) is 16.1 Å². The molecule has 12 nitrogen and oxygen atoms in total. The molecule has 3 aromatic rings. The molecule has 0 bridgehead atoms. The first-order chi connectivity index (χ1) is 20.6. The van der Waals surface area contributed by atoms with Crippen LogP contribution in [0.5, 0.6) is 17.2 Å². The third-order valence-electron chi connectivity index (χ3n) is 6.79. The van der Waals surface area contributed by atoms with Gasteiger partial charge in [0.2, 0.25) is 12.7 Å². The number of nitrogens with one attached hydrogen (secondary N) is 2. The summed E-state index contributed by atoms with van der Waals surface area (Å²) in [6.45, 7) is 4.78. The number of carbonyl (C=O) groups excluding carboxylic acids is 1. The number of hydrogen-bond donors (Lipinski definition) is 3. The van der Waals surface area contributed by atoms with Crippen LogP contribution >= 0.6 is 0 Å². The second-order valence-electron chi connectivity index (χ2n) is 9.53. The monoisotopic (exact) mass is 570 g/mol. The molecule has 0 aromatic heterocycles. The van der Waals surface area contributed by atoms with Crippen LogP contribution in [0.25, 0.3) is 10.4 Å². The first kappa shape index (κ1) is 28.5. The molecule has 2 atom stereocenters. The van der Waals surface area contributed by atoms with Crippen molar-refractivity contribution in [2.24, 2.45) is 10.1 Å². The summed E-state index contributed by atoms with van der Waals surface area (Å²) in [4.78, 5) is 21.8. The fraction of sp³-hybridized carbons (Fsp3) is 0.267. The highest BCUT2D eigenvalue weighted by Crippen LogP contribution is 2.45. The van der Waals surface area contributed by atoms with Crippen LogP contribution in [0.1, 0.15) is 35.6 Å². The van der Waals surface area contributed by atoms with E-state index in [4.69, 9.17) is 29.0 Å². The van der Waals surface area contributed by atoms with Gasteiger partial charge >= 0.3 is 0 Å². The number of aliphatic hydroxyl groups excluding tert-OH is 1. The minimum Gasteiger partial charge on any atom is -0.494 e. The van der Waals surface area contributed by atoms with E-state index in [1.807, 2.05) is 18.2 Å². The molecule has 3 N–H and O–H groups in total. The third kappa shape index (κ3) is 6.01. The van der Waals surface area contributed by atoms with Gasteiger partial charge < -0.3 is 24.1 Å². The average Bonchev–Trinajstić information content (AvgIpc) is 3.64. The quantitative estimate of drug-likeness (QED) is 0.0666. The highest BCUT2D eigenvalue weighted by Gasteiger charge is 2.53. The van der Waals surface area contributed by atoms with Crippen LogP contribution in [0.15, 0.2) is 89.5 Å². The summed E-state index contributed by atoms with van der Waals surface area (Å²) >= 11 is 0. The molecule has 0 saturated carbocycles. The van der Waals surface area contributed by atoms with Gasteiger partial charge in [-0.05, 0) is 47.5 Å². The fourth-order valence-corrected chi connectivity index (χ4v) is 4.75. The summed E-state index contributed by atoms with van der Waals surface area (Å²) in [5.74, 6) is 1.72. The fourth-order valence-electron chi connectivity index (χ4n) is 4.75. The standard InChI is InChI=1S/C30H30N6O6/c1-2-14-30(29(38)35-32-18-20-8-13-25-26(17-20)41-19-40-25)27(23-6-3-4-7-24(23)34-36-31)42-28(33-30)21-9-11-22(12-10-21)39-16-5-15-37/h2-4,6-13,17,27,32,37H,1,5,14-16,18-19H2,(H,35,38)/t27-,30-/m0/s1. The van der Waals surface area contributed by atoms with Gasteiger partial charge in [0, 0.05) is 47.7 Å². The maximum Gasteiger partial charge on any atom is 0.266 e. The molecule has 12 heteroatoms. The van der Waals surface area contributed by atoms with E-state index in [0.717, 1.165) is 5.56 Å². The highest BCUT2D eigenvalue weighted by molar-refractivity contribution is 6.01. The Bertz CT molecular complexity index is 1520. The van der Waals surface area contributed by atoms with Crippen LogP contribution in [0.4, 0.5) is 5.69 Å². The van der Waals surface area contributed by atoms with Gasteiger partial charge in [-0.2, -0.15) is 0 Å². The molecule has 0 aliphatic carbocycles. The Morgan fingerprint density at radius 3 is 2.79 bits per heavy atom. The van der Waals surface area contributed by atoms with Crippen molar-refractivity contribution in [2.45, 2.75) is 31.0 Å². The van der Waals surface area contributed by atoms with E-state index in [0.29, 0.717) is 53.6 Å². The summed E-state index contributed by atoms with van der Waals surface area (Å²) < 4.78 is 22.8. The molecule has 0 radical (unpaired) electrons. The van der Waals surface area contributed by atoms with E-state index < -0.39 is 17.6 Å². The number of carbonyl (C=O) groups is 1. The second kappa shape index (κ2) is 13.1. The molecule has 2 aliphatic rings. The number of rotatable bonds is 13. The zero-order valence-corrected chi connectivity index (χ0v) is 22.7. The number of benzene rings is 3. The van der Waals surface area contributed by atoms with Crippen molar-refractivity contribution in [1.82, 2.24) is 10.9 Å². The third-order valence-corrected chi connectivity index (χ3v) is 6.79. The number of hydrazine groups is 1. The molecule has 0 saturated heterocycles. The molecule has 2 aliphatic heterocycles. The lowest BCUT2D eigenvalue weighted by atomic mass is 9.84. The number of aliphatic hydroxyl groups is 1. The molecule has 5 rings (SSSR count). The molecular weight excluding hydrogens is 540 g/mol. The molecule has 1 amide bonds. The normalized spacial score (nSPS) is 18.4. The van der Waals surface area contributed by atoms with Crippen molar-refractivity contribution >= 4 is 17.5 Å². The molecule has 2 heterocycles. The zero-order valence-electron chi connectivity index (χ0n) is 22.7. The van der Waals surface area contributed by atoms with Crippen molar-refractivity contribution < 1.29 is 28.8 Å². The van der Waals surface area contributed by atoms with Crippen molar-refractivity contribution in [3.63, 3.8) is 0 Å². The molecular formula is C30H30N6O6. The van der Waals surface area contributed by atoms with Crippen LogP contribution in [0.3, 0.4) is 0 Å². The first-order valence-corrected chi connectivity index (χ1v) is 13.4. The van der Waals surface area contributed by atoms with Crippen molar-refractivity contribution in [3.05, 3.63) is 107 Å². The van der Waals surface area contributed by atoms with Gasteiger partial charge in [0.25, 0.3) is 5.91 Å². The molecule has 42 heavy (non-hydrogen) atoms. The predicted molar refractivity (Wildman–Crippen MR) is 154 cm³/mol. The summed E-state index contributed by atoms with van der Waals surface area (Å²) in [6, 6.07) is 19.5. The number of aliphatic imine (C=N–C) groups is 1. The molecule has 0 fully saturated rings. The van der Waals surface area contributed by atoms with Crippen LogP contribution < -0.4 is 25.1 Å². The topological polar surface area (TPSA) is 159 Å². The van der Waals surface area contributed by atoms with Crippen LogP contribution in [0.2, 0.25) is 0 Å².